The van der Waals surface area contributed by atoms with E-state index >= 15 is 0 Å². The summed E-state index contributed by atoms with van der Waals surface area (Å²) in [5, 5.41) is 3.74. The fourth-order valence-electron chi connectivity index (χ4n) is 4.19. The normalized spacial score (nSPS) is 20.4. The molecule has 2 aromatic rings. The maximum absolute atomic E-state index is 12.6. The molecule has 4 nitrogen and oxygen atoms in total. The molecule has 0 radical (unpaired) electrons. The highest BCUT2D eigenvalue weighted by Crippen LogP contribution is 2.43. The molecular formula is C23H29N3O. The summed E-state index contributed by atoms with van der Waals surface area (Å²) in [6.07, 6.45) is 4.57. The van der Waals surface area contributed by atoms with Crippen LogP contribution < -0.4 is 15.1 Å². The summed E-state index contributed by atoms with van der Waals surface area (Å²) >= 11 is 0. The van der Waals surface area contributed by atoms with Crippen molar-refractivity contribution in [3.63, 3.8) is 0 Å². The summed E-state index contributed by atoms with van der Waals surface area (Å²) in [6.45, 7) is 4.26. The summed E-state index contributed by atoms with van der Waals surface area (Å²) in [5.74, 6) is 0.184. The molecule has 0 spiro atoms. The maximum atomic E-state index is 12.6. The molecule has 1 fully saturated rings. The fourth-order valence-corrected chi connectivity index (χ4v) is 4.19. The summed E-state index contributed by atoms with van der Waals surface area (Å²) < 4.78 is 0. The Bertz CT molecular complexity index is 816. The van der Waals surface area contributed by atoms with Crippen LogP contribution in [0.2, 0.25) is 0 Å². The molecule has 27 heavy (non-hydrogen) atoms. The third-order valence-electron chi connectivity index (χ3n) is 5.78. The van der Waals surface area contributed by atoms with E-state index in [0.717, 1.165) is 24.2 Å². The number of nitrogens with zero attached hydrogens (tertiary/aromatic N) is 2. The Kier molecular flexibility index (Phi) is 4.81. The van der Waals surface area contributed by atoms with Crippen molar-refractivity contribution in [2.24, 2.45) is 0 Å². The van der Waals surface area contributed by atoms with Crippen LogP contribution in [0.1, 0.15) is 51.1 Å². The van der Waals surface area contributed by atoms with Crippen LogP contribution in [0.4, 0.5) is 17.1 Å². The van der Waals surface area contributed by atoms with Gasteiger partial charge in [-0.3, -0.25) is 4.79 Å². The molecule has 1 aliphatic carbocycles. The van der Waals surface area contributed by atoms with Crippen LogP contribution in [-0.4, -0.2) is 25.0 Å². The third-order valence-corrected chi connectivity index (χ3v) is 5.78. The van der Waals surface area contributed by atoms with Crippen LogP contribution in [0.25, 0.3) is 0 Å². The molecule has 1 amide bonds. The molecule has 0 bridgehead atoms. The van der Waals surface area contributed by atoms with Gasteiger partial charge in [-0.05, 0) is 49.9 Å². The van der Waals surface area contributed by atoms with E-state index < -0.39 is 0 Å². The third kappa shape index (κ3) is 3.41. The van der Waals surface area contributed by atoms with Gasteiger partial charge in [0.05, 0.1) is 17.4 Å². The first-order valence-corrected chi connectivity index (χ1v) is 10.1. The van der Waals surface area contributed by atoms with E-state index in [9.17, 15) is 4.79 Å². The van der Waals surface area contributed by atoms with Crippen LogP contribution in [0.5, 0.6) is 0 Å². The van der Waals surface area contributed by atoms with E-state index in [0.29, 0.717) is 12.1 Å². The molecule has 0 saturated heterocycles. The van der Waals surface area contributed by atoms with E-state index in [1.165, 1.54) is 24.1 Å². The molecule has 1 aliphatic heterocycles. The van der Waals surface area contributed by atoms with Crippen molar-refractivity contribution in [2.75, 3.05) is 22.2 Å². The first-order chi connectivity index (χ1) is 13.1. The Morgan fingerprint density at radius 2 is 1.85 bits per heavy atom. The average molecular weight is 364 g/mol. The lowest BCUT2D eigenvalue weighted by molar-refractivity contribution is -0.119. The Morgan fingerprint density at radius 1 is 1.11 bits per heavy atom. The van der Waals surface area contributed by atoms with Crippen molar-refractivity contribution in [3.8, 4) is 0 Å². The number of hydrogen-bond donors (Lipinski definition) is 1. The molecule has 2 atom stereocenters. The van der Waals surface area contributed by atoms with Crippen molar-refractivity contribution in [2.45, 2.75) is 57.7 Å². The minimum Gasteiger partial charge on any atom is -0.378 e. The molecular weight excluding hydrogens is 334 g/mol. The van der Waals surface area contributed by atoms with Gasteiger partial charge in [0, 0.05) is 18.8 Å². The second-order valence-corrected chi connectivity index (χ2v) is 7.81. The SMILES string of the molecule is CCCC(Nc1ccc2c(c1)N(C1CC1)C(C)C(=O)N2C)c1ccccc1. The van der Waals surface area contributed by atoms with Crippen molar-refractivity contribution >= 4 is 23.0 Å². The van der Waals surface area contributed by atoms with Crippen molar-refractivity contribution in [1.29, 1.82) is 0 Å². The Hall–Kier alpha value is -2.49. The molecule has 2 aromatic carbocycles. The molecule has 142 valence electrons. The number of fused-ring (bicyclic) bond motifs is 1. The topological polar surface area (TPSA) is 35.6 Å². The first-order valence-electron chi connectivity index (χ1n) is 10.1. The number of amides is 1. The zero-order valence-electron chi connectivity index (χ0n) is 16.5. The van der Waals surface area contributed by atoms with Gasteiger partial charge in [0.25, 0.3) is 0 Å². The molecule has 1 saturated carbocycles. The number of benzene rings is 2. The van der Waals surface area contributed by atoms with Crippen LogP contribution in [0.3, 0.4) is 0 Å². The van der Waals surface area contributed by atoms with Crippen molar-refractivity contribution in [1.82, 2.24) is 0 Å². The van der Waals surface area contributed by atoms with Gasteiger partial charge in [-0.1, -0.05) is 43.7 Å². The fraction of sp³-hybridized carbons (Fsp3) is 0.435. The van der Waals surface area contributed by atoms with Crippen LogP contribution in [0.15, 0.2) is 48.5 Å². The molecule has 1 heterocycles. The van der Waals surface area contributed by atoms with Gasteiger partial charge in [-0.25, -0.2) is 0 Å². The molecule has 0 aromatic heterocycles. The second kappa shape index (κ2) is 7.26. The Balaban J connectivity index is 1.66. The van der Waals surface area contributed by atoms with Crippen molar-refractivity contribution < 1.29 is 4.79 Å². The number of hydrogen-bond acceptors (Lipinski definition) is 3. The average Bonchev–Trinajstić information content (AvgIpc) is 3.52. The van der Waals surface area contributed by atoms with Gasteiger partial charge in [-0.2, -0.15) is 0 Å². The molecule has 1 N–H and O–H groups in total. The maximum Gasteiger partial charge on any atom is 0.249 e. The van der Waals surface area contributed by atoms with Gasteiger partial charge in [0.2, 0.25) is 5.91 Å². The Morgan fingerprint density at radius 3 is 2.52 bits per heavy atom. The van der Waals surface area contributed by atoms with Gasteiger partial charge in [0.15, 0.2) is 0 Å². The first kappa shape index (κ1) is 17.9. The molecule has 4 rings (SSSR count). The van der Waals surface area contributed by atoms with Gasteiger partial charge >= 0.3 is 0 Å². The number of anilines is 3. The monoisotopic (exact) mass is 363 g/mol. The van der Waals surface area contributed by atoms with Crippen LogP contribution in [0, 0.1) is 0 Å². The summed E-state index contributed by atoms with van der Waals surface area (Å²) in [6, 6.07) is 17.8. The molecule has 2 unspecified atom stereocenters. The van der Waals surface area contributed by atoms with E-state index in [1.807, 2.05) is 18.9 Å². The quantitative estimate of drug-likeness (QED) is 0.787. The summed E-state index contributed by atoms with van der Waals surface area (Å²) in [7, 11) is 1.89. The van der Waals surface area contributed by atoms with E-state index in [4.69, 9.17) is 0 Å². The number of nitrogens with one attached hydrogen (secondary N) is 1. The van der Waals surface area contributed by atoms with Crippen LogP contribution in [-0.2, 0) is 4.79 Å². The highest BCUT2D eigenvalue weighted by molar-refractivity contribution is 6.05. The van der Waals surface area contributed by atoms with Crippen LogP contribution >= 0.6 is 0 Å². The Labute approximate surface area is 162 Å². The van der Waals surface area contributed by atoms with E-state index in [-0.39, 0.29) is 11.9 Å². The highest BCUT2D eigenvalue weighted by atomic mass is 16.2. The van der Waals surface area contributed by atoms with E-state index in [1.54, 1.807) is 0 Å². The van der Waals surface area contributed by atoms with E-state index in [2.05, 4.69) is 65.7 Å². The minimum absolute atomic E-state index is 0.0918. The second-order valence-electron chi connectivity index (χ2n) is 7.81. The summed E-state index contributed by atoms with van der Waals surface area (Å²) in [4.78, 5) is 16.8. The molecule has 2 aliphatic rings. The van der Waals surface area contributed by atoms with Crippen molar-refractivity contribution in [3.05, 3.63) is 54.1 Å². The lowest BCUT2D eigenvalue weighted by atomic mass is 10.0. The number of rotatable bonds is 6. The minimum atomic E-state index is -0.0918. The largest absolute Gasteiger partial charge is 0.378 e. The predicted molar refractivity (Wildman–Crippen MR) is 113 cm³/mol. The van der Waals surface area contributed by atoms with Gasteiger partial charge in [-0.15, -0.1) is 0 Å². The standard InChI is InChI=1S/C23H29N3O/c1-4-8-20(17-9-6-5-7-10-17)24-18-11-14-21-22(15-18)26(19-12-13-19)16(2)23(27)25(21)3/h5-7,9-11,14-16,19-20,24H,4,8,12-13H2,1-3H3. The van der Waals surface area contributed by atoms with Gasteiger partial charge < -0.3 is 15.1 Å². The zero-order chi connectivity index (χ0) is 19.0. The van der Waals surface area contributed by atoms with Gasteiger partial charge in [0.1, 0.15) is 6.04 Å². The number of carbonyl (C=O) groups excluding carboxylic acids is 1. The smallest absolute Gasteiger partial charge is 0.249 e. The highest BCUT2D eigenvalue weighted by Gasteiger charge is 2.41. The zero-order valence-corrected chi connectivity index (χ0v) is 16.5. The number of carbonyl (C=O) groups is 1. The lowest BCUT2D eigenvalue weighted by Crippen LogP contribution is -2.51. The molecule has 4 heteroatoms. The summed E-state index contributed by atoms with van der Waals surface area (Å²) in [5.41, 5.74) is 4.64. The lowest BCUT2D eigenvalue weighted by Gasteiger charge is -2.41. The number of likely N-dealkylation sites (N-methyl/N-ethyl adjacent to an activating group) is 1. The predicted octanol–water partition coefficient (Wildman–Crippen LogP) is 4.97.